The average Bonchev–Trinajstić information content (AvgIpc) is 2.59. The molecule has 0 saturated heterocycles. The summed E-state index contributed by atoms with van der Waals surface area (Å²) in [6.45, 7) is 1.59. The van der Waals surface area contributed by atoms with Crippen LogP contribution in [0.2, 0.25) is 0 Å². The first kappa shape index (κ1) is 9.18. The Bertz CT molecular complexity index is 335. The first-order valence-corrected chi connectivity index (χ1v) is 4.86. The lowest BCUT2D eigenvalue weighted by Gasteiger charge is -2.05. The molecule has 1 atom stereocenters. The quantitative estimate of drug-likeness (QED) is 0.758. The molecule has 0 saturated carbocycles. The number of carbonyl (C=O) groups is 1. The zero-order chi connectivity index (χ0) is 10.1. The topological polar surface area (TPSA) is 68.0 Å². The second kappa shape index (κ2) is 3.40. The third kappa shape index (κ3) is 1.49. The molecule has 1 aliphatic rings. The maximum Gasteiger partial charge on any atom is 0.330 e. The number of hydrogen-bond donors (Lipinski definition) is 1. The van der Waals surface area contributed by atoms with Crippen molar-refractivity contribution in [3.05, 3.63) is 11.4 Å². The van der Waals surface area contributed by atoms with Crippen LogP contribution in [0.3, 0.4) is 0 Å². The zero-order valence-corrected chi connectivity index (χ0v) is 8.10. The van der Waals surface area contributed by atoms with Crippen LogP contribution in [0.15, 0.2) is 0 Å². The third-order valence-electron chi connectivity index (χ3n) is 2.56. The normalized spacial score (nSPS) is 17.5. The highest BCUT2D eigenvalue weighted by Gasteiger charge is 2.20. The van der Waals surface area contributed by atoms with E-state index in [-0.39, 0.29) is 0 Å². The summed E-state index contributed by atoms with van der Waals surface area (Å²) in [4.78, 5) is 12.0. The van der Waals surface area contributed by atoms with Crippen molar-refractivity contribution in [2.75, 3.05) is 0 Å². The number of aromatic nitrogens is 3. The van der Waals surface area contributed by atoms with Crippen molar-refractivity contribution in [3.63, 3.8) is 0 Å². The predicted octanol–water partition coefficient (Wildman–Crippen LogP) is 0.802. The fraction of sp³-hybridized carbons (Fsp3) is 0.667. The Kier molecular flexibility index (Phi) is 2.23. The molecule has 0 aliphatic heterocycles. The number of carboxylic acid groups (broad SMARTS) is 1. The van der Waals surface area contributed by atoms with E-state index in [0.717, 1.165) is 37.1 Å². The van der Waals surface area contributed by atoms with E-state index in [0.29, 0.717) is 0 Å². The molecule has 0 fully saturated rings. The maximum atomic E-state index is 10.7. The van der Waals surface area contributed by atoms with Gasteiger partial charge < -0.3 is 5.11 Å². The molecule has 1 N–H and O–H groups in total. The lowest BCUT2D eigenvalue weighted by atomic mass is 10.0. The number of nitrogens with zero attached hydrogens (tertiary/aromatic N) is 3. The van der Waals surface area contributed by atoms with E-state index in [4.69, 9.17) is 5.11 Å². The molecule has 5 heteroatoms. The van der Waals surface area contributed by atoms with Gasteiger partial charge in [0.25, 0.3) is 0 Å². The van der Waals surface area contributed by atoms with E-state index in [1.165, 1.54) is 4.80 Å². The number of aliphatic carboxylic acids is 1. The van der Waals surface area contributed by atoms with Crippen LogP contribution in [-0.4, -0.2) is 26.1 Å². The van der Waals surface area contributed by atoms with Gasteiger partial charge in [-0.2, -0.15) is 15.0 Å². The van der Waals surface area contributed by atoms with Gasteiger partial charge in [-0.05, 0) is 32.6 Å². The molecule has 5 nitrogen and oxygen atoms in total. The van der Waals surface area contributed by atoms with Gasteiger partial charge in [0.1, 0.15) is 0 Å². The van der Waals surface area contributed by atoms with Gasteiger partial charge in [-0.15, -0.1) is 0 Å². The minimum atomic E-state index is -0.891. The van der Waals surface area contributed by atoms with E-state index in [9.17, 15) is 4.79 Å². The van der Waals surface area contributed by atoms with Crippen molar-refractivity contribution in [1.82, 2.24) is 15.0 Å². The standard InChI is InChI=1S/C9H13N3O2/c1-6(9(13)14)12-10-7-4-2-3-5-8(7)11-12/h6H,2-5H2,1H3,(H,13,14). The molecular formula is C9H13N3O2. The van der Waals surface area contributed by atoms with Crippen molar-refractivity contribution >= 4 is 5.97 Å². The molecule has 1 heterocycles. The minimum Gasteiger partial charge on any atom is -0.480 e. The number of aryl methyl sites for hydroxylation is 2. The van der Waals surface area contributed by atoms with E-state index in [1.54, 1.807) is 6.92 Å². The molecule has 1 unspecified atom stereocenters. The van der Waals surface area contributed by atoms with E-state index < -0.39 is 12.0 Å². The molecule has 0 spiro atoms. The second-order valence-electron chi connectivity index (χ2n) is 3.64. The molecule has 14 heavy (non-hydrogen) atoms. The Morgan fingerprint density at radius 1 is 1.36 bits per heavy atom. The molecule has 0 bridgehead atoms. The van der Waals surface area contributed by atoms with Crippen molar-refractivity contribution in [3.8, 4) is 0 Å². The highest BCUT2D eigenvalue weighted by atomic mass is 16.4. The van der Waals surface area contributed by atoms with Gasteiger partial charge in [0, 0.05) is 0 Å². The molecule has 1 aromatic heterocycles. The summed E-state index contributed by atoms with van der Waals surface area (Å²) in [7, 11) is 0. The summed E-state index contributed by atoms with van der Waals surface area (Å²) in [5.41, 5.74) is 1.95. The first-order valence-electron chi connectivity index (χ1n) is 4.86. The molecule has 76 valence electrons. The Balaban J connectivity index is 2.28. The van der Waals surface area contributed by atoms with Gasteiger partial charge in [-0.25, -0.2) is 4.79 Å². The maximum absolute atomic E-state index is 10.7. The van der Waals surface area contributed by atoms with E-state index in [1.807, 2.05) is 0 Å². The summed E-state index contributed by atoms with van der Waals surface area (Å²) in [5.74, 6) is -0.891. The molecule has 0 radical (unpaired) electrons. The van der Waals surface area contributed by atoms with Crippen LogP contribution in [0, 0.1) is 0 Å². The number of hydrogen-bond acceptors (Lipinski definition) is 3. The Morgan fingerprint density at radius 3 is 2.29 bits per heavy atom. The van der Waals surface area contributed by atoms with Crippen LogP contribution in [-0.2, 0) is 17.6 Å². The van der Waals surface area contributed by atoms with Crippen molar-refractivity contribution in [2.24, 2.45) is 0 Å². The van der Waals surface area contributed by atoms with E-state index in [2.05, 4.69) is 10.2 Å². The zero-order valence-electron chi connectivity index (χ0n) is 8.10. The molecule has 2 rings (SSSR count). The summed E-state index contributed by atoms with van der Waals surface area (Å²) in [5, 5.41) is 17.2. The van der Waals surface area contributed by atoms with Crippen LogP contribution < -0.4 is 0 Å². The summed E-state index contributed by atoms with van der Waals surface area (Å²) < 4.78 is 0. The third-order valence-corrected chi connectivity index (χ3v) is 2.56. The van der Waals surface area contributed by atoms with Crippen molar-refractivity contribution in [1.29, 1.82) is 0 Å². The summed E-state index contributed by atoms with van der Waals surface area (Å²) in [6.07, 6.45) is 4.13. The molecule has 0 amide bonds. The fourth-order valence-corrected chi connectivity index (χ4v) is 1.63. The van der Waals surface area contributed by atoms with Crippen LogP contribution in [0.4, 0.5) is 0 Å². The lowest BCUT2D eigenvalue weighted by molar-refractivity contribution is -0.141. The predicted molar refractivity (Wildman–Crippen MR) is 49.0 cm³/mol. The van der Waals surface area contributed by atoms with Crippen LogP contribution >= 0.6 is 0 Å². The highest BCUT2D eigenvalue weighted by Crippen LogP contribution is 2.18. The van der Waals surface area contributed by atoms with Crippen LogP contribution in [0.1, 0.15) is 37.2 Å². The fourth-order valence-electron chi connectivity index (χ4n) is 1.63. The number of fused-ring (bicyclic) bond motifs is 1. The van der Waals surface area contributed by atoms with Gasteiger partial charge in [-0.1, -0.05) is 0 Å². The summed E-state index contributed by atoms with van der Waals surface area (Å²) in [6, 6.07) is -0.666. The molecule has 0 aromatic carbocycles. The van der Waals surface area contributed by atoms with E-state index >= 15 is 0 Å². The molecular weight excluding hydrogens is 182 g/mol. The second-order valence-corrected chi connectivity index (χ2v) is 3.64. The smallest absolute Gasteiger partial charge is 0.330 e. The SMILES string of the molecule is CC(C(=O)O)n1nc2c(n1)CCCC2. The van der Waals surface area contributed by atoms with Gasteiger partial charge in [0.2, 0.25) is 0 Å². The Hall–Kier alpha value is -1.39. The Labute approximate surface area is 81.7 Å². The lowest BCUT2D eigenvalue weighted by Crippen LogP contribution is -2.18. The van der Waals surface area contributed by atoms with Crippen molar-refractivity contribution in [2.45, 2.75) is 38.6 Å². The molecule has 1 aliphatic carbocycles. The molecule has 1 aromatic rings. The monoisotopic (exact) mass is 195 g/mol. The highest BCUT2D eigenvalue weighted by molar-refractivity contribution is 5.70. The summed E-state index contributed by atoms with van der Waals surface area (Å²) >= 11 is 0. The Morgan fingerprint density at radius 2 is 1.86 bits per heavy atom. The number of rotatable bonds is 2. The largest absolute Gasteiger partial charge is 0.480 e. The van der Waals surface area contributed by atoms with Crippen LogP contribution in [0.25, 0.3) is 0 Å². The first-order chi connectivity index (χ1) is 6.68. The van der Waals surface area contributed by atoms with Gasteiger partial charge in [0.15, 0.2) is 6.04 Å². The number of carboxylic acids is 1. The van der Waals surface area contributed by atoms with Gasteiger partial charge in [-0.3, -0.25) is 0 Å². The van der Waals surface area contributed by atoms with Gasteiger partial charge in [0.05, 0.1) is 11.4 Å². The van der Waals surface area contributed by atoms with Crippen molar-refractivity contribution < 1.29 is 9.90 Å². The average molecular weight is 195 g/mol. The minimum absolute atomic E-state index is 0.666. The van der Waals surface area contributed by atoms with Gasteiger partial charge >= 0.3 is 5.97 Å². The van der Waals surface area contributed by atoms with Crippen LogP contribution in [0.5, 0.6) is 0 Å².